The van der Waals surface area contributed by atoms with Crippen LogP contribution in [0.4, 0.5) is 0 Å². The van der Waals surface area contributed by atoms with E-state index in [2.05, 4.69) is 10.4 Å². The van der Waals surface area contributed by atoms with Crippen molar-refractivity contribution in [1.82, 2.24) is 15.1 Å². The van der Waals surface area contributed by atoms with Crippen LogP contribution in [0.5, 0.6) is 0 Å². The van der Waals surface area contributed by atoms with E-state index in [0.717, 1.165) is 23.7 Å². The normalized spacial score (nSPS) is 10.7. The van der Waals surface area contributed by atoms with Gasteiger partial charge in [0.05, 0.1) is 0 Å². The topological polar surface area (TPSA) is 46.9 Å². The lowest BCUT2D eigenvalue weighted by molar-refractivity contribution is 0.0952. The van der Waals surface area contributed by atoms with E-state index in [0.29, 0.717) is 12.1 Å². The molecule has 2 aromatic carbocycles. The summed E-state index contributed by atoms with van der Waals surface area (Å²) in [6, 6.07) is 17.5. The number of amides is 1. The third-order valence-electron chi connectivity index (χ3n) is 3.84. The van der Waals surface area contributed by atoms with Crippen LogP contribution in [-0.2, 0) is 12.3 Å². The smallest absolute Gasteiger partial charge is 0.251 e. The summed E-state index contributed by atoms with van der Waals surface area (Å²) in [5.74, 6) is 0.815. The standard InChI is InChI=1S/C20H20ClN3OS/c21-18-7-9-19(10-8-18)26-15-16-3-5-17(6-4-16)20(25)22-11-1-13-24-14-2-12-23-24/h2-10,12,14H,1,11,13,15H2,(H,22,25). The summed E-state index contributed by atoms with van der Waals surface area (Å²) in [4.78, 5) is 13.4. The van der Waals surface area contributed by atoms with E-state index in [1.54, 1.807) is 18.0 Å². The lowest BCUT2D eigenvalue weighted by atomic mass is 10.1. The van der Waals surface area contributed by atoms with Crippen molar-refractivity contribution in [1.29, 1.82) is 0 Å². The van der Waals surface area contributed by atoms with Gasteiger partial charge in [0.25, 0.3) is 5.91 Å². The predicted octanol–water partition coefficient (Wildman–Crippen LogP) is 4.65. The minimum atomic E-state index is -0.0395. The van der Waals surface area contributed by atoms with Crippen LogP contribution in [0.25, 0.3) is 0 Å². The van der Waals surface area contributed by atoms with Crippen LogP contribution in [0.2, 0.25) is 5.02 Å². The molecule has 0 saturated heterocycles. The molecule has 0 radical (unpaired) electrons. The Labute approximate surface area is 162 Å². The van der Waals surface area contributed by atoms with Crippen LogP contribution in [0.15, 0.2) is 71.9 Å². The van der Waals surface area contributed by atoms with Gasteiger partial charge in [-0.2, -0.15) is 5.10 Å². The lowest BCUT2D eigenvalue weighted by Crippen LogP contribution is -2.25. The Hall–Kier alpha value is -2.24. The van der Waals surface area contributed by atoms with Crippen molar-refractivity contribution < 1.29 is 4.79 Å². The summed E-state index contributed by atoms with van der Waals surface area (Å²) < 4.78 is 1.86. The molecule has 1 aromatic heterocycles. The van der Waals surface area contributed by atoms with Crippen LogP contribution in [-0.4, -0.2) is 22.2 Å². The van der Waals surface area contributed by atoms with Gasteiger partial charge in [-0.05, 0) is 54.4 Å². The molecule has 0 saturated carbocycles. The highest BCUT2D eigenvalue weighted by molar-refractivity contribution is 7.98. The monoisotopic (exact) mass is 385 g/mol. The van der Waals surface area contributed by atoms with Crippen molar-refractivity contribution in [2.24, 2.45) is 0 Å². The SMILES string of the molecule is O=C(NCCCn1cccn1)c1ccc(CSc2ccc(Cl)cc2)cc1. The molecule has 26 heavy (non-hydrogen) atoms. The second-order valence-corrected chi connectivity index (χ2v) is 7.30. The molecule has 6 heteroatoms. The Morgan fingerprint density at radius 3 is 2.58 bits per heavy atom. The predicted molar refractivity (Wildman–Crippen MR) is 107 cm³/mol. The van der Waals surface area contributed by atoms with Crippen molar-refractivity contribution in [3.05, 3.63) is 83.1 Å². The van der Waals surface area contributed by atoms with Crippen LogP contribution in [0, 0.1) is 0 Å². The first-order chi connectivity index (χ1) is 12.7. The van der Waals surface area contributed by atoms with Gasteiger partial charge >= 0.3 is 0 Å². The molecule has 4 nitrogen and oxygen atoms in total. The Kier molecular flexibility index (Phi) is 6.75. The van der Waals surface area contributed by atoms with Gasteiger partial charge in [-0.25, -0.2) is 0 Å². The number of aryl methyl sites for hydroxylation is 1. The summed E-state index contributed by atoms with van der Waals surface area (Å²) in [5, 5.41) is 7.83. The van der Waals surface area contributed by atoms with Gasteiger partial charge < -0.3 is 5.32 Å². The van der Waals surface area contributed by atoms with E-state index in [1.807, 2.05) is 65.5 Å². The van der Waals surface area contributed by atoms with Crippen LogP contribution in [0.1, 0.15) is 22.3 Å². The van der Waals surface area contributed by atoms with Gasteiger partial charge in [-0.15, -0.1) is 11.8 Å². The van der Waals surface area contributed by atoms with Gasteiger partial charge in [-0.1, -0.05) is 23.7 Å². The van der Waals surface area contributed by atoms with Gasteiger partial charge in [0.15, 0.2) is 0 Å². The van der Waals surface area contributed by atoms with Gasteiger partial charge in [0.1, 0.15) is 0 Å². The largest absolute Gasteiger partial charge is 0.352 e. The minimum absolute atomic E-state index is 0.0395. The van der Waals surface area contributed by atoms with Gasteiger partial charge in [0.2, 0.25) is 0 Å². The zero-order valence-corrected chi connectivity index (χ0v) is 15.8. The number of nitrogens with zero attached hydrogens (tertiary/aromatic N) is 2. The number of aromatic nitrogens is 2. The minimum Gasteiger partial charge on any atom is -0.352 e. The number of benzene rings is 2. The van der Waals surface area contributed by atoms with E-state index >= 15 is 0 Å². The van der Waals surface area contributed by atoms with Gasteiger partial charge in [0, 0.05) is 46.7 Å². The fraction of sp³-hybridized carbons (Fsp3) is 0.200. The van der Waals surface area contributed by atoms with Crippen molar-refractivity contribution in [3.63, 3.8) is 0 Å². The maximum atomic E-state index is 12.2. The fourth-order valence-corrected chi connectivity index (χ4v) is 3.41. The van der Waals surface area contributed by atoms with Crippen molar-refractivity contribution in [2.75, 3.05) is 6.54 Å². The first kappa shape index (κ1) is 18.5. The second-order valence-electron chi connectivity index (χ2n) is 5.82. The first-order valence-electron chi connectivity index (χ1n) is 8.44. The molecule has 1 heterocycles. The second kappa shape index (κ2) is 9.46. The van der Waals surface area contributed by atoms with E-state index in [1.165, 1.54) is 10.5 Å². The average Bonchev–Trinajstić information content (AvgIpc) is 3.18. The summed E-state index contributed by atoms with van der Waals surface area (Å²) in [6.45, 7) is 1.43. The Bertz CT molecular complexity index is 817. The van der Waals surface area contributed by atoms with E-state index in [9.17, 15) is 4.79 Å². The molecule has 3 aromatic rings. The first-order valence-corrected chi connectivity index (χ1v) is 9.80. The quantitative estimate of drug-likeness (QED) is 0.453. The van der Waals surface area contributed by atoms with E-state index in [-0.39, 0.29) is 5.91 Å². The molecule has 0 spiro atoms. The number of carbonyl (C=O) groups excluding carboxylic acids is 1. The number of hydrogen-bond donors (Lipinski definition) is 1. The zero-order chi connectivity index (χ0) is 18.2. The molecular weight excluding hydrogens is 366 g/mol. The molecule has 1 amide bonds. The third kappa shape index (κ3) is 5.64. The molecule has 1 N–H and O–H groups in total. The third-order valence-corrected chi connectivity index (χ3v) is 5.18. The highest BCUT2D eigenvalue weighted by atomic mass is 35.5. The molecule has 0 aliphatic heterocycles. The summed E-state index contributed by atoms with van der Waals surface area (Å²) in [7, 11) is 0. The average molecular weight is 386 g/mol. The number of thioether (sulfide) groups is 1. The molecule has 0 unspecified atom stereocenters. The Morgan fingerprint density at radius 2 is 1.88 bits per heavy atom. The molecule has 0 fully saturated rings. The molecule has 0 atom stereocenters. The van der Waals surface area contributed by atoms with E-state index < -0.39 is 0 Å². The van der Waals surface area contributed by atoms with Crippen molar-refractivity contribution in [3.8, 4) is 0 Å². The van der Waals surface area contributed by atoms with Crippen molar-refractivity contribution in [2.45, 2.75) is 23.6 Å². The van der Waals surface area contributed by atoms with Crippen LogP contribution in [0.3, 0.4) is 0 Å². The maximum Gasteiger partial charge on any atom is 0.251 e. The highest BCUT2D eigenvalue weighted by Crippen LogP contribution is 2.24. The summed E-state index contributed by atoms with van der Waals surface area (Å²) >= 11 is 7.64. The number of hydrogen-bond acceptors (Lipinski definition) is 3. The van der Waals surface area contributed by atoms with Crippen molar-refractivity contribution >= 4 is 29.3 Å². The Balaban J connectivity index is 1.42. The lowest BCUT2D eigenvalue weighted by Gasteiger charge is -2.07. The van der Waals surface area contributed by atoms with Crippen LogP contribution >= 0.6 is 23.4 Å². The summed E-state index contributed by atoms with van der Waals surface area (Å²) in [6.07, 6.45) is 4.52. The number of halogens is 1. The van der Waals surface area contributed by atoms with Gasteiger partial charge in [-0.3, -0.25) is 9.48 Å². The molecule has 134 valence electrons. The highest BCUT2D eigenvalue weighted by Gasteiger charge is 2.05. The maximum absolute atomic E-state index is 12.2. The number of nitrogens with one attached hydrogen (secondary N) is 1. The molecule has 0 aliphatic rings. The fourth-order valence-electron chi connectivity index (χ4n) is 2.43. The summed E-state index contributed by atoms with van der Waals surface area (Å²) in [5.41, 5.74) is 1.87. The van der Waals surface area contributed by atoms with Crippen LogP contribution < -0.4 is 5.32 Å². The molecule has 0 aliphatic carbocycles. The number of rotatable bonds is 8. The molecule has 0 bridgehead atoms. The Morgan fingerprint density at radius 1 is 1.12 bits per heavy atom. The molecule has 3 rings (SSSR count). The van der Waals surface area contributed by atoms with E-state index in [4.69, 9.17) is 11.6 Å². The molecular formula is C20H20ClN3OS. The zero-order valence-electron chi connectivity index (χ0n) is 14.3. The number of carbonyl (C=O) groups is 1.